The van der Waals surface area contributed by atoms with Crippen molar-refractivity contribution in [1.29, 1.82) is 0 Å². The number of nitrogens with one attached hydrogen (secondary N) is 1. The van der Waals surface area contributed by atoms with E-state index in [1.54, 1.807) is 5.43 Å². The highest BCUT2D eigenvalue weighted by atomic mass is 16.3. The summed E-state index contributed by atoms with van der Waals surface area (Å²) in [7, 11) is 0. The molecule has 1 saturated carbocycles. The molecule has 70 valence electrons. The van der Waals surface area contributed by atoms with E-state index in [9.17, 15) is 4.79 Å². The first-order valence-electron chi connectivity index (χ1n) is 3.99. The molecule has 0 aromatic carbocycles. The maximum Gasteiger partial charge on any atom is 0.132 e. The van der Waals surface area contributed by atoms with E-state index in [0.717, 1.165) is 25.7 Å². The molecule has 1 aliphatic rings. The maximum absolute atomic E-state index is 10.5. The summed E-state index contributed by atoms with van der Waals surface area (Å²) < 4.78 is 0. The van der Waals surface area contributed by atoms with Crippen LogP contribution in [0.5, 0.6) is 0 Å². The molecule has 1 rings (SSSR count). The molecule has 0 aromatic heterocycles. The molecule has 12 heavy (non-hydrogen) atoms. The molecule has 2 N–H and O–H groups in total. The molecule has 0 atom stereocenters. The molecule has 1 fully saturated rings. The Kier molecular flexibility index (Phi) is 7.47. The van der Waals surface area contributed by atoms with Gasteiger partial charge in [0.05, 0.1) is 5.29 Å². The van der Waals surface area contributed by atoms with Crippen LogP contribution in [-0.4, -0.2) is 17.6 Å². The maximum atomic E-state index is 10.5. The van der Waals surface area contributed by atoms with Crippen molar-refractivity contribution >= 4 is 5.78 Å². The van der Waals surface area contributed by atoms with Gasteiger partial charge in [0.15, 0.2) is 0 Å². The average molecular weight is 174 g/mol. The van der Waals surface area contributed by atoms with Crippen molar-refractivity contribution < 1.29 is 9.90 Å². The van der Waals surface area contributed by atoms with Crippen molar-refractivity contribution in [3.63, 3.8) is 0 Å². The van der Waals surface area contributed by atoms with Gasteiger partial charge in [0.25, 0.3) is 0 Å². The molecule has 0 bridgehead atoms. The summed E-state index contributed by atoms with van der Waals surface area (Å²) in [5.74, 6) is 0.464. The number of nitroso groups, excluding NO2 is 1. The van der Waals surface area contributed by atoms with E-state index in [0.29, 0.717) is 5.78 Å². The summed E-state index contributed by atoms with van der Waals surface area (Å²) >= 11 is 0. The van der Waals surface area contributed by atoms with E-state index in [1.165, 1.54) is 6.42 Å². The van der Waals surface area contributed by atoms with E-state index in [-0.39, 0.29) is 6.73 Å². The second-order valence-electron chi connectivity index (χ2n) is 2.51. The van der Waals surface area contributed by atoms with Gasteiger partial charge in [-0.25, -0.2) is 5.43 Å². The average Bonchev–Trinajstić information content (AvgIpc) is 2.08. The lowest BCUT2D eigenvalue weighted by Crippen LogP contribution is -2.02. The number of hydrogen-bond donors (Lipinski definition) is 2. The van der Waals surface area contributed by atoms with Crippen LogP contribution in [-0.2, 0) is 4.79 Å². The Hall–Kier alpha value is -0.970. The molecule has 0 amide bonds. The van der Waals surface area contributed by atoms with Crippen LogP contribution in [0.3, 0.4) is 0 Å². The molecule has 0 radical (unpaired) electrons. The van der Waals surface area contributed by atoms with Gasteiger partial charge >= 0.3 is 0 Å². The smallest absolute Gasteiger partial charge is 0.132 e. The number of nitrogens with zero attached hydrogens (tertiary/aromatic N) is 1. The molecular weight excluding hydrogens is 160 g/mol. The van der Waals surface area contributed by atoms with Crippen LogP contribution in [0.25, 0.3) is 0 Å². The molecule has 1 aliphatic carbocycles. The lowest BCUT2D eigenvalue weighted by atomic mass is 10.00. The zero-order valence-corrected chi connectivity index (χ0v) is 6.95. The standard InChI is InChI=1S/C6H10O.CH4N2O2/c7-6-4-2-1-3-5-6;4-1-2-3-5/h1-5H2;4H,1H2,(H,2,5). The third-order valence-electron chi connectivity index (χ3n) is 1.55. The van der Waals surface area contributed by atoms with Gasteiger partial charge in [-0.15, -0.1) is 4.91 Å². The largest absolute Gasteiger partial charge is 0.375 e. The Morgan fingerprint density at radius 2 is 1.92 bits per heavy atom. The summed E-state index contributed by atoms with van der Waals surface area (Å²) in [5, 5.41) is 9.77. The molecule has 5 nitrogen and oxygen atoms in total. The molecule has 5 heteroatoms. The number of carbonyl (C=O) groups excluding carboxylic acids is 1. The predicted molar refractivity (Wildman–Crippen MR) is 44.1 cm³/mol. The first-order valence-corrected chi connectivity index (χ1v) is 3.99. The van der Waals surface area contributed by atoms with Crippen molar-refractivity contribution in [3.05, 3.63) is 4.91 Å². The van der Waals surface area contributed by atoms with Crippen LogP contribution in [0.2, 0.25) is 0 Å². The lowest BCUT2D eigenvalue weighted by Gasteiger charge is -2.05. The monoisotopic (exact) mass is 174 g/mol. The van der Waals surface area contributed by atoms with Gasteiger partial charge in [-0.1, -0.05) is 6.42 Å². The molecule has 0 heterocycles. The van der Waals surface area contributed by atoms with Crippen molar-refractivity contribution in [2.75, 3.05) is 6.73 Å². The number of aliphatic hydroxyl groups excluding tert-OH is 1. The zero-order chi connectivity index (χ0) is 9.23. The lowest BCUT2D eigenvalue weighted by molar-refractivity contribution is -0.120. The van der Waals surface area contributed by atoms with Crippen LogP contribution in [0.4, 0.5) is 0 Å². The fourth-order valence-electron chi connectivity index (χ4n) is 0.975. The Bertz CT molecular complexity index is 131. The third kappa shape index (κ3) is 7.14. The van der Waals surface area contributed by atoms with Gasteiger partial charge in [0.2, 0.25) is 0 Å². The topological polar surface area (TPSA) is 78.8 Å². The van der Waals surface area contributed by atoms with Crippen molar-refractivity contribution in [3.8, 4) is 0 Å². The molecule has 0 saturated heterocycles. The predicted octanol–water partition coefficient (Wildman–Crippen LogP) is 0.727. The SMILES string of the molecule is O=C1CCCCC1.O=NNCO. The van der Waals surface area contributed by atoms with E-state index < -0.39 is 0 Å². The Morgan fingerprint density at radius 1 is 1.33 bits per heavy atom. The van der Waals surface area contributed by atoms with Gasteiger partial charge in [0.1, 0.15) is 12.5 Å². The Labute approximate surface area is 71.1 Å². The van der Waals surface area contributed by atoms with Crippen molar-refractivity contribution in [2.24, 2.45) is 5.29 Å². The molecule has 0 unspecified atom stereocenters. The number of rotatable bonds is 2. The van der Waals surface area contributed by atoms with E-state index in [2.05, 4.69) is 5.29 Å². The van der Waals surface area contributed by atoms with Crippen molar-refractivity contribution in [2.45, 2.75) is 32.1 Å². The van der Waals surface area contributed by atoms with Crippen LogP contribution >= 0.6 is 0 Å². The highest BCUT2D eigenvalue weighted by molar-refractivity contribution is 5.78. The van der Waals surface area contributed by atoms with Crippen LogP contribution in [0.1, 0.15) is 32.1 Å². The minimum Gasteiger partial charge on any atom is -0.375 e. The summed E-state index contributed by atoms with van der Waals surface area (Å²) in [4.78, 5) is 19.3. The second-order valence-corrected chi connectivity index (χ2v) is 2.51. The summed E-state index contributed by atoms with van der Waals surface area (Å²) in [6.07, 6.45) is 5.24. The van der Waals surface area contributed by atoms with Crippen molar-refractivity contribution in [1.82, 2.24) is 5.43 Å². The number of aliphatic hydroxyl groups is 1. The van der Waals surface area contributed by atoms with Gasteiger partial charge in [-0.05, 0) is 12.8 Å². The second kappa shape index (κ2) is 8.13. The van der Waals surface area contributed by atoms with Crippen LogP contribution < -0.4 is 5.43 Å². The normalized spacial score (nSPS) is 15.9. The molecular formula is C7H14N2O3. The zero-order valence-electron chi connectivity index (χ0n) is 6.95. The van der Waals surface area contributed by atoms with Gasteiger partial charge in [-0.3, -0.25) is 4.79 Å². The van der Waals surface area contributed by atoms with Gasteiger partial charge < -0.3 is 5.11 Å². The summed E-state index contributed by atoms with van der Waals surface area (Å²) in [5.41, 5.74) is 1.74. The number of ketones is 1. The fourth-order valence-corrected chi connectivity index (χ4v) is 0.975. The third-order valence-corrected chi connectivity index (χ3v) is 1.55. The van der Waals surface area contributed by atoms with E-state index in [4.69, 9.17) is 10.0 Å². The minimum atomic E-state index is -0.385. The first kappa shape index (κ1) is 11.0. The van der Waals surface area contributed by atoms with E-state index in [1.807, 2.05) is 0 Å². The Morgan fingerprint density at radius 3 is 2.08 bits per heavy atom. The first-order chi connectivity index (χ1) is 5.81. The Balaban J connectivity index is 0.000000217. The van der Waals surface area contributed by atoms with Crippen LogP contribution in [0.15, 0.2) is 5.29 Å². The number of carbonyl (C=O) groups is 1. The molecule has 0 aromatic rings. The highest BCUT2D eigenvalue weighted by Gasteiger charge is 2.05. The van der Waals surface area contributed by atoms with Gasteiger partial charge in [0, 0.05) is 12.8 Å². The number of hydrogen-bond acceptors (Lipinski definition) is 4. The number of Topliss-reactive ketones (excluding diaryl/α,β-unsaturated/α-hetero) is 1. The van der Waals surface area contributed by atoms with E-state index >= 15 is 0 Å². The summed E-state index contributed by atoms with van der Waals surface area (Å²) in [6.45, 7) is -0.385. The van der Waals surface area contributed by atoms with Crippen LogP contribution in [0, 0.1) is 4.91 Å². The van der Waals surface area contributed by atoms with Gasteiger partial charge in [-0.2, -0.15) is 0 Å². The fraction of sp³-hybridized carbons (Fsp3) is 0.857. The highest BCUT2D eigenvalue weighted by Crippen LogP contribution is 2.12. The summed E-state index contributed by atoms with van der Waals surface area (Å²) in [6, 6.07) is 0. The quantitative estimate of drug-likeness (QED) is 0.367. The minimum absolute atomic E-state index is 0.385. The molecule has 0 aliphatic heterocycles. The molecule has 0 spiro atoms.